The molecule has 1 N–H and O–H groups in total. The van der Waals surface area contributed by atoms with Gasteiger partial charge in [-0.1, -0.05) is 81.4 Å². The largest absolute Gasteiger partial charge is 0.406 e. The van der Waals surface area contributed by atoms with Crippen molar-refractivity contribution >= 4 is 28.7 Å². The molecule has 0 radical (unpaired) electrons. The highest BCUT2D eigenvalue weighted by Crippen LogP contribution is 2.37. The predicted octanol–water partition coefficient (Wildman–Crippen LogP) is 2.25. The number of benzene rings is 2. The van der Waals surface area contributed by atoms with Crippen LogP contribution in [0.15, 0.2) is 60.7 Å². The van der Waals surface area contributed by atoms with Gasteiger partial charge in [0.2, 0.25) is 10.0 Å². The van der Waals surface area contributed by atoms with Gasteiger partial charge in [-0.2, -0.15) is 0 Å². The first kappa shape index (κ1) is 19.3. The monoisotopic (exact) mass is 389 g/mol. The summed E-state index contributed by atoms with van der Waals surface area (Å²) in [6.07, 6.45) is 0.598. The number of hydrogen-bond acceptors (Lipinski definition) is 3. The quantitative estimate of drug-likeness (QED) is 0.798. The number of nitrogens with one attached hydrogen (secondary N) is 1. The van der Waals surface area contributed by atoms with Crippen molar-refractivity contribution in [3.05, 3.63) is 60.7 Å². The molecule has 1 aliphatic rings. The molecular weight excluding hydrogens is 362 g/mol. The van der Waals surface area contributed by atoms with Crippen LogP contribution in [0.25, 0.3) is 0 Å². The Morgan fingerprint density at radius 1 is 1.00 bits per heavy atom. The maximum atomic E-state index is 11.7. The van der Waals surface area contributed by atoms with Gasteiger partial charge in [0, 0.05) is 6.04 Å². The standard InChI is InChI=1S/C20H27NO3SSi/c1-20(2,3)26(18-10-6-4-7-11-18,19-12-8-5-9-13-19)24-16-17-14-15-25(22,23)21-17/h4-13,17,21H,14-16H2,1-3H3. The summed E-state index contributed by atoms with van der Waals surface area (Å²) in [6, 6.07) is 20.6. The topological polar surface area (TPSA) is 55.4 Å². The molecule has 1 aliphatic heterocycles. The van der Waals surface area contributed by atoms with Crippen molar-refractivity contribution in [3.8, 4) is 0 Å². The second-order valence-corrected chi connectivity index (χ2v) is 14.1. The first-order valence-electron chi connectivity index (χ1n) is 9.00. The van der Waals surface area contributed by atoms with Gasteiger partial charge >= 0.3 is 0 Å². The fourth-order valence-corrected chi connectivity index (χ4v) is 9.79. The molecule has 0 aromatic heterocycles. The van der Waals surface area contributed by atoms with Crippen molar-refractivity contribution in [2.24, 2.45) is 0 Å². The van der Waals surface area contributed by atoms with Crippen LogP contribution in [0.3, 0.4) is 0 Å². The molecule has 0 amide bonds. The lowest BCUT2D eigenvalue weighted by Gasteiger charge is -2.43. The van der Waals surface area contributed by atoms with Crippen molar-refractivity contribution in [3.63, 3.8) is 0 Å². The van der Waals surface area contributed by atoms with Crippen molar-refractivity contribution in [2.45, 2.75) is 38.3 Å². The molecule has 1 atom stereocenters. The molecule has 140 valence electrons. The first-order valence-corrected chi connectivity index (χ1v) is 12.6. The molecule has 1 saturated heterocycles. The lowest BCUT2D eigenvalue weighted by atomic mass is 10.2. The Balaban J connectivity index is 2.03. The summed E-state index contributed by atoms with van der Waals surface area (Å²) in [5.41, 5.74) is 0. The lowest BCUT2D eigenvalue weighted by Crippen LogP contribution is -2.67. The Kier molecular flexibility index (Phi) is 5.39. The molecule has 0 saturated carbocycles. The summed E-state index contributed by atoms with van der Waals surface area (Å²) in [5, 5.41) is 2.31. The van der Waals surface area contributed by atoms with Gasteiger partial charge in [0.1, 0.15) is 0 Å². The fourth-order valence-electron chi connectivity index (χ4n) is 3.77. The van der Waals surface area contributed by atoms with Crippen LogP contribution in [-0.2, 0) is 14.4 Å². The predicted molar refractivity (Wildman–Crippen MR) is 109 cm³/mol. The van der Waals surface area contributed by atoms with E-state index in [9.17, 15) is 8.42 Å². The number of sulfonamides is 1. The van der Waals surface area contributed by atoms with E-state index in [0.717, 1.165) is 0 Å². The summed E-state index contributed by atoms with van der Waals surface area (Å²) in [4.78, 5) is 0. The van der Waals surface area contributed by atoms with Crippen LogP contribution in [0.2, 0.25) is 5.04 Å². The molecule has 4 nitrogen and oxygen atoms in total. The van der Waals surface area contributed by atoms with Crippen LogP contribution in [0.5, 0.6) is 0 Å². The minimum atomic E-state index is -3.14. The average molecular weight is 390 g/mol. The molecule has 2 aromatic carbocycles. The van der Waals surface area contributed by atoms with Gasteiger partial charge in [-0.05, 0) is 21.8 Å². The van der Waals surface area contributed by atoms with Crippen LogP contribution >= 0.6 is 0 Å². The van der Waals surface area contributed by atoms with Crippen molar-refractivity contribution in [2.75, 3.05) is 12.4 Å². The van der Waals surface area contributed by atoms with Crippen LogP contribution in [0, 0.1) is 0 Å². The molecule has 1 unspecified atom stereocenters. The summed E-state index contributed by atoms with van der Waals surface area (Å²) < 4.78 is 33.0. The third-order valence-electron chi connectivity index (χ3n) is 5.00. The molecule has 26 heavy (non-hydrogen) atoms. The smallest absolute Gasteiger partial charge is 0.261 e. The molecular formula is C20H27NO3SSi. The lowest BCUT2D eigenvalue weighted by molar-refractivity contribution is 0.266. The van der Waals surface area contributed by atoms with Crippen molar-refractivity contribution in [1.82, 2.24) is 4.72 Å². The third kappa shape index (κ3) is 3.78. The van der Waals surface area contributed by atoms with Crippen LogP contribution in [-0.4, -0.2) is 35.1 Å². The van der Waals surface area contributed by atoms with Gasteiger partial charge in [0.15, 0.2) is 0 Å². The second kappa shape index (κ2) is 7.27. The highest BCUT2D eigenvalue weighted by molar-refractivity contribution is 7.89. The number of rotatable bonds is 5. The minimum Gasteiger partial charge on any atom is -0.406 e. The first-order chi connectivity index (χ1) is 12.2. The SMILES string of the molecule is CC(C)(C)[Si](OCC1CCS(=O)(=O)N1)(c1ccccc1)c1ccccc1. The van der Waals surface area contributed by atoms with Gasteiger partial charge in [-0.15, -0.1) is 0 Å². The summed E-state index contributed by atoms with van der Waals surface area (Å²) >= 11 is 0. The highest BCUT2D eigenvalue weighted by Gasteiger charge is 2.50. The Morgan fingerprint density at radius 3 is 1.88 bits per heavy atom. The van der Waals surface area contributed by atoms with Crippen molar-refractivity contribution in [1.29, 1.82) is 0 Å². The van der Waals surface area contributed by atoms with Crippen LogP contribution in [0.4, 0.5) is 0 Å². The molecule has 1 fully saturated rings. The maximum absolute atomic E-state index is 11.7. The van der Waals surface area contributed by atoms with E-state index in [0.29, 0.717) is 13.0 Å². The molecule has 2 aromatic rings. The normalized spacial score (nSPS) is 20.2. The van der Waals surface area contributed by atoms with E-state index >= 15 is 0 Å². The van der Waals surface area contributed by atoms with E-state index in [4.69, 9.17) is 4.43 Å². The Bertz CT molecular complexity index is 793. The zero-order valence-electron chi connectivity index (χ0n) is 15.6. The van der Waals surface area contributed by atoms with E-state index in [1.165, 1.54) is 10.4 Å². The summed E-state index contributed by atoms with van der Waals surface area (Å²) in [6.45, 7) is 7.06. The zero-order chi connectivity index (χ0) is 18.8. The van der Waals surface area contributed by atoms with E-state index in [-0.39, 0.29) is 16.8 Å². The molecule has 0 spiro atoms. The van der Waals surface area contributed by atoms with Gasteiger partial charge in [0.05, 0.1) is 12.4 Å². The molecule has 0 aliphatic carbocycles. The highest BCUT2D eigenvalue weighted by atomic mass is 32.2. The van der Waals surface area contributed by atoms with E-state index < -0.39 is 18.3 Å². The van der Waals surface area contributed by atoms with Gasteiger partial charge in [-0.25, -0.2) is 13.1 Å². The van der Waals surface area contributed by atoms with Crippen LogP contribution in [0.1, 0.15) is 27.2 Å². The molecule has 0 bridgehead atoms. The average Bonchev–Trinajstić information content (AvgIpc) is 2.95. The van der Waals surface area contributed by atoms with Crippen LogP contribution < -0.4 is 15.1 Å². The minimum absolute atomic E-state index is 0.104. The maximum Gasteiger partial charge on any atom is 0.261 e. The Hall–Kier alpha value is -1.47. The fraction of sp³-hybridized carbons (Fsp3) is 0.400. The molecule has 3 rings (SSSR count). The third-order valence-corrected chi connectivity index (χ3v) is 11.5. The van der Waals surface area contributed by atoms with E-state index in [2.05, 4.69) is 49.8 Å². The summed E-state index contributed by atoms with van der Waals surface area (Å²) in [7, 11) is -5.74. The van der Waals surface area contributed by atoms with Gasteiger partial charge in [-0.3, -0.25) is 0 Å². The second-order valence-electron chi connectivity index (χ2n) is 7.90. The summed E-state index contributed by atoms with van der Waals surface area (Å²) in [5.74, 6) is 0.182. The molecule has 6 heteroatoms. The van der Waals surface area contributed by atoms with Gasteiger partial charge < -0.3 is 4.43 Å². The van der Waals surface area contributed by atoms with Gasteiger partial charge in [0.25, 0.3) is 8.32 Å². The van der Waals surface area contributed by atoms with Crippen molar-refractivity contribution < 1.29 is 12.8 Å². The Labute approximate surface area is 157 Å². The molecule has 1 heterocycles. The Morgan fingerprint density at radius 2 is 1.50 bits per heavy atom. The van der Waals surface area contributed by atoms with E-state index in [1.807, 2.05) is 36.4 Å². The van der Waals surface area contributed by atoms with E-state index in [1.54, 1.807) is 0 Å². The zero-order valence-corrected chi connectivity index (χ0v) is 17.4. The number of hydrogen-bond donors (Lipinski definition) is 1.